The van der Waals surface area contributed by atoms with E-state index >= 15 is 0 Å². The summed E-state index contributed by atoms with van der Waals surface area (Å²) in [6.07, 6.45) is 0. The van der Waals surface area contributed by atoms with Crippen molar-refractivity contribution in [2.75, 3.05) is 0 Å². The van der Waals surface area contributed by atoms with Gasteiger partial charge < -0.3 is 0 Å². The third kappa shape index (κ3) is 2.48. The van der Waals surface area contributed by atoms with Crippen molar-refractivity contribution in [1.29, 1.82) is 0 Å². The van der Waals surface area contributed by atoms with Crippen molar-refractivity contribution < 1.29 is 13.6 Å². The summed E-state index contributed by atoms with van der Waals surface area (Å²) in [5.41, 5.74) is 1.02. The van der Waals surface area contributed by atoms with E-state index in [1.54, 1.807) is 25.1 Å². The minimum Gasteiger partial charge on any atom is -0.288 e. The quantitative estimate of drug-likeness (QED) is 0.757. The first kappa shape index (κ1) is 12.9. The molecule has 0 saturated carbocycles. The summed E-state index contributed by atoms with van der Waals surface area (Å²) < 4.78 is 27.2. The van der Waals surface area contributed by atoms with Crippen molar-refractivity contribution in [2.24, 2.45) is 0 Å². The zero-order chi connectivity index (χ0) is 13.3. The second kappa shape index (κ2) is 4.98. The van der Waals surface area contributed by atoms with Crippen LogP contribution in [0.2, 0.25) is 0 Å². The van der Waals surface area contributed by atoms with Crippen LogP contribution >= 0.6 is 15.9 Å². The molecule has 2 rings (SSSR count). The number of hydrogen-bond donors (Lipinski definition) is 0. The highest BCUT2D eigenvalue weighted by molar-refractivity contribution is 9.10. The lowest BCUT2D eigenvalue weighted by molar-refractivity contribution is 0.103. The van der Waals surface area contributed by atoms with Gasteiger partial charge in [-0.2, -0.15) is 0 Å². The third-order valence-electron chi connectivity index (χ3n) is 2.61. The maximum absolute atomic E-state index is 13.5. The lowest BCUT2D eigenvalue weighted by Crippen LogP contribution is -2.06. The lowest BCUT2D eigenvalue weighted by atomic mass is 9.99. The molecule has 0 unspecified atom stereocenters. The van der Waals surface area contributed by atoms with Crippen LogP contribution in [0, 0.1) is 18.6 Å². The van der Waals surface area contributed by atoms with Crippen LogP contribution in [0.4, 0.5) is 8.78 Å². The molecule has 2 aromatic rings. The fourth-order valence-electron chi connectivity index (χ4n) is 1.70. The predicted molar refractivity (Wildman–Crippen MR) is 68.7 cm³/mol. The Morgan fingerprint density at radius 1 is 1.06 bits per heavy atom. The molecule has 0 fully saturated rings. The summed E-state index contributed by atoms with van der Waals surface area (Å²) in [5.74, 6) is -1.99. The Labute approximate surface area is 112 Å². The number of carbonyl (C=O) groups is 1. The lowest BCUT2D eigenvalue weighted by Gasteiger charge is -2.06. The molecule has 0 spiro atoms. The number of halogens is 3. The second-order valence-corrected chi connectivity index (χ2v) is 4.83. The maximum atomic E-state index is 13.5. The smallest absolute Gasteiger partial charge is 0.196 e. The van der Waals surface area contributed by atoms with Crippen molar-refractivity contribution >= 4 is 21.7 Å². The Hall–Kier alpha value is -1.55. The highest BCUT2D eigenvalue weighted by atomic mass is 79.9. The van der Waals surface area contributed by atoms with Crippen molar-refractivity contribution in [1.82, 2.24) is 0 Å². The largest absolute Gasteiger partial charge is 0.288 e. The van der Waals surface area contributed by atoms with E-state index in [9.17, 15) is 13.6 Å². The van der Waals surface area contributed by atoms with Gasteiger partial charge in [0, 0.05) is 16.1 Å². The molecule has 0 aliphatic rings. The first-order valence-electron chi connectivity index (χ1n) is 5.25. The Morgan fingerprint density at radius 2 is 1.72 bits per heavy atom. The average Bonchev–Trinajstić information content (AvgIpc) is 2.28. The second-order valence-electron chi connectivity index (χ2n) is 3.91. The maximum Gasteiger partial charge on any atom is 0.196 e. The Morgan fingerprint density at radius 3 is 2.33 bits per heavy atom. The predicted octanol–water partition coefficient (Wildman–Crippen LogP) is 4.27. The molecule has 1 nitrogen and oxygen atoms in total. The van der Waals surface area contributed by atoms with Crippen molar-refractivity contribution in [3.63, 3.8) is 0 Å². The normalized spacial score (nSPS) is 10.4. The molecule has 92 valence electrons. The van der Waals surface area contributed by atoms with Crippen LogP contribution in [0.5, 0.6) is 0 Å². The van der Waals surface area contributed by atoms with E-state index in [0.717, 1.165) is 22.2 Å². The van der Waals surface area contributed by atoms with E-state index in [1.807, 2.05) is 0 Å². The van der Waals surface area contributed by atoms with Crippen molar-refractivity contribution in [3.8, 4) is 0 Å². The number of ketones is 1. The van der Waals surface area contributed by atoms with Gasteiger partial charge in [0.1, 0.15) is 11.6 Å². The van der Waals surface area contributed by atoms with Crippen molar-refractivity contribution in [3.05, 3.63) is 69.2 Å². The van der Waals surface area contributed by atoms with Gasteiger partial charge in [0.15, 0.2) is 5.78 Å². The minimum atomic E-state index is -0.845. The van der Waals surface area contributed by atoms with Crippen LogP contribution in [-0.2, 0) is 0 Å². The number of carbonyl (C=O) groups excluding carboxylic acids is 1. The van der Waals surface area contributed by atoms with Crippen LogP contribution in [-0.4, -0.2) is 5.78 Å². The van der Waals surface area contributed by atoms with Crippen LogP contribution in [0.25, 0.3) is 0 Å². The summed E-state index contributed by atoms with van der Waals surface area (Å²) in [6, 6.07) is 8.04. The van der Waals surface area contributed by atoms with Gasteiger partial charge in [-0.25, -0.2) is 8.78 Å². The van der Waals surface area contributed by atoms with Gasteiger partial charge in [-0.1, -0.05) is 15.9 Å². The topological polar surface area (TPSA) is 17.1 Å². The molecule has 0 saturated heterocycles. The van der Waals surface area contributed by atoms with Crippen LogP contribution < -0.4 is 0 Å². The average molecular weight is 311 g/mol. The summed E-state index contributed by atoms with van der Waals surface area (Å²) in [6.45, 7) is 1.76. The first-order valence-corrected chi connectivity index (χ1v) is 6.04. The van der Waals surface area contributed by atoms with E-state index in [1.165, 1.54) is 0 Å². The summed E-state index contributed by atoms with van der Waals surface area (Å²) in [5, 5.41) is 0. The van der Waals surface area contributed by atoms with E-state index in [0.29, 0.717) is 11.6 Å². The van der Waals surface area contributed by atoms with Gasteiger partial charge in [-0.3, -0.25) is 4.79 Å². The first-order chi connectivity index (χ1) is 8.49. The molecule has 18 heavy (non-hydrogen) atoms. The van der Waals surface area contributed by atoms with Crippen molar-refractivity contribution in [2.45, 2.75) is 6.92 Å². The van der Waals surface area contributed by atoms with E-state index < -0.39 is 17.4 Å². The molecule has 0 radical (unpaired) electrons. The van der Waals surface area contributed by atoms with Gasteiger partial charge in [-0.15, -0.1) is 0 Å². The standard InChI is InChI=1S/C14H9BrF2O/c1-8-6-9(15)2-4-11(8)14(18)12-5-3-10(16)7-13(12)17/h2-7H,1H3. The van der Waals surface area contributed by atoms with Gasteiger partial charge in [0.25, 0.3) is 0 Å². The van der Waals surface area contributed by atoms with Gasteiger partial charge in [-0.05, 0) is 42.8 Å². The van der Waals surface area contributed by atoms with E-state index in [4.69, 9.17) is 0 Å². The molecule has 0 aliphatic heterocycles. The monoisotopic (exact) mass is 310 g/mol. The summed E-state index contributed by atoms with van der Waals surface area (Å²) >= 11 is 3.29. The molecule has 4 heteroatoms. The molecular formula is C14H9BrF2O. The minimum absolute atomic E-state index is 0.123. The van der Waals surface area contributed by atoms with Gasteiger partial charge in [0.05, 0.1) is 5.56 Å². The van der Waals surface area contributed by atoms with Gasteiger partial charge in [0.2, 0.25) is 0 Å². The number of benzene rings is 2. The Balaban J connectivity index is 2.48. The molecule has 0 amide bonds. The zero-order valence-corrected chi connectivity index (χ0v) is 11.1. The highest BCUT2D eigenvalue weighted by Crippen LogP contribution is 2.20. The molecule has 0 aliphatic carbocycles. The Kier molecular flexibility index (Phi) is 3.57. The molecule has 0 bridgehead atoms. The molecule has 2 aromatic carbocycles. The summed E-state index contributed by atoms with van der Waals surface area (Å²) in [7, 11) is 0. The van der Waals surface area contributed by atoms with Crippen LogP contribution in [0.1, 0.15) is 21.5 Å². The molecule has 0 heterocycles. The molecule has 0 atom stereocenters. The number of rotatable bonds is 2. The number of aryl methyl sites for hydroxylation is 1. The molecule has 0 aromatic heterocycles. The zero-order valence-electron chi connectivity index (χ0n) is 9.51. The van der Waals surface area contributed by atoms with Gasteiger partial charge >= 0.3 is 0 Å². The SMILES string of the molecule is Cc1cc(Br)ccc1C(=O)c1ccc(F)cc1F. The fourth-order valence-corrected chi connectivity index (χ4v) is 2.18. The van der Waals surface area contributed by atoms with Crippen LogP contribution in [0.3, 0.4) is 0 Å². The highest BCUT2D eigenvalue weighted by Gasteiger charge is 2.16. The third-order valence-corrected chi connectivity index (χ3v) is 3.10. The van der Waals surface area contributed by atoms with Crippen LogP contribution in [0.15, 0.2) is 40.9 Å². The van der Waals surface area contributed by atoms with E-state index in [2.05, 4.69) is 15.9 Å². The molecular weight excluding hydrogens is 302 g/mol. The number of hydrogen-bond acceptors (Lipinski definition) is 1. The fraction of sp³-hybridized carbons (Fsp3) is 0.0714. The summed E-state index contributed by atoms with van der Waals surface area (Å²) in [4.78, 5) is 12.1. The molecule has 0 N–H and O–H groups in total. The Bertz CT molecular complexity index is 570. The van der Waals surface area contributed by atoms with E-state index in [-0.39, 0.29) is 5.56 Å².